The fourth-order valence-corrected chi connectivity index (χ4v) is 1.95. The van der Waals surface area contributed by atoms with Crippen molar-refractivity contribution in [3.05, 3.63) is 18.0 Å². The molecule has 1 aromatic rings. The zero-order valence-electron chi connectivity index (χ0n) is 13.3. The number of alkyl halides is 3. The summed E-state index contributed by atoms with van der Waals surface area (Å²) in [5, 5.41) is 9.83. The third-order valence-electron chi connectivity index (χ3n) is 3.12. The van der Waals surface area contributed by atoms with Crippen molar-refractivity contribution in [1.29, 1.82) is 0 Å². The molecule has 0 saturated heterocycles. The summed E-state index contributed by atoms with van der Waals surface area (Å²) in [5.41, 5.74) is 1.02. The van der Waals surface area contributed by atoms with E-state index in [1.165, 1.54) is 7.05 Å². The van der Waals surface area contributed by atoms with Crippen molar-refractivity contribution in [1.82, 2.24) is 25.3 Å². The van der Waals surface area contributed by atoms with Crippen molar-refractivity contribution >= 4 is 5.96 Å². The first-order valence-electron chi connectivity index (χ1n) is 6.89. The highest BCUT2D eigenvalue weighted by Crippen LogP contribution is 2.18. The van der Waals surface area contributed by atoms with Gasteiger partial charge >= 0.3 is 6.18 Å². The van der Waals surface area contributed by atoms with Crippen molar-refractivity contribution in [2.24, 2.45) is 12.0 Å². The van der Waals surface area contributed by atoms with Crippen molar-refractivity contribution in [2.75, 3.05) is 34.2 Å². The number of aryl methyl sites for hydroxylation is 1. The van der Waals surface area contributed by atoms with Gasteiger partial charge in [0.25, 0.3) is 0 Å². The van der Waals surface area contributed by atoms with Crippen LogP contribution in [0.15, 0.2) is 17.4 Å². The Morgan fingerprint density at radius 2 is 2.09 bits per heavy atom. The molecule has 0 radical (unpaired) electrons. The van der Waals surface area contributed by atoms with Crippen LogP contribution in [-0.4, -0.2) is 61.0 Å². The van der Waals surface area contributed by atoms with Gasteiger partial charge in [0.1, 0.15) is 0 Å². The molecule has 2 N–H and O–H groups in total. The SMILES string of the molecule is CN=C(NCCC(F)(F)F)NCC(c1cnn(C)c1)N(C)C. The van der Waals surface area contributed by atoms with Crippen LogP contribution < -0.4 is 10.6 Å². The van der Waals surface area contributed by atoms with Crippen molar-refractivity contribution in [2.45, 2.75) is 18.6 Å². The number of hydrogen-bond donors (Lipinski definition) is 2. The van der Waals surface area contributed by atoms with E-state index in [0.717, 1.165) is 5.56 Å². The minimum absolute atomic E-state index is 0.0369. The first kappa shape index (κ1) is 18.3. The number of likely N-dealkylation sites (N-methyl/N-ethyl adjacent to an activating group) is 1. The fraction of sp³-hybridized carbons (Fsp3) is 0.692. The summed E-state index contributed by atoms with van der Waals surface area (Å²) >= 11 is 0. The lowest BCUT2D eigenvalue weighted by molar-refractivity contribution is -0.132. The normalized spacial score (nSPS) is 14.3. The molecule has 9 heteroatoms. The van der Waals surface area contributed by atoms with Crippen LogP contribution in [0.25, 0.3) is 0 Å². The Bertz CT molecular complexity index is 480. The van der Waals surface area contributed by atoms with E-state index >= 15 is 0 Å². The van der Waals surface area contributed by atoms with Gasteiger partial charge in [0.2, 0.25) is 0 Å². The molecule has 0 aliphatic carbocycles. The molecule has 0 aliphatic rings. The molecule has 6 nitrogen and oxygen atoms in total. The second-order valence-electron chi connectivity index (χ2n) is 5.17. The molecule has 0 amide bonds. The van der Waals surface area contributed by atoms with E-state index in [4.69, 9.17) is 0 Å². The average Bonchev–Trinajstić information content (AvgIpc) is 2.81. The van der Waals surface area contributed by atoms with Crippen LogP contribution in [0.3, 0.4) is 0 Å². The summed E-state index contributed by atoms with van der Waals surface area (Å²) in [5.74, 6) is 0.347. The number of halogens is 3. The highest BCUT2D eigenvalue weighted by Gasteiger charge is 2.26. The predicted octanol–water partition coefficient (Wildman–Crippen LogP) is 1.14. The summed E-state index contributed by atoms with van der Waals surface area (Å²) < 4.78 is 38.1. The van der Waals surface area contributed by atoms with Gasteiger partial charge in [-0.05, 0) is 14.1 Å². The molecule has 0 spiro atoms. The van der Waals surface area contributed by atoms with Gasteiger partial charge < -0.3 is 15.5 Å². The second-order valence-corrected chi connectivity index (χ2v) is 5.17. The molecule has 0 saturated carbocycles. The smallest absolute Gasteiger partial charge is 0.356 e. The maximum absolute atomic E-state index is 12.1. The summed E-state index contributed by atoms with van der Waals surface area (Å²) in [6.45, 7) is 0.299. The molecule has 0 bridgehead atoms. The average molecular weight is 320 g/mol. The van der Waals surface area contributed by atoms with Gasteiger partial charge in [0, 0.05) is 38.9 Å². The molecule has 126 valence electrons. The van der Waals surface area contributed by atoms with E-state index in [1.54, 1.807) is 10.9 Å². The quantitative estimate of drug-likeness (QED) is 0.610. The minimum atomic E-state index is -4.17. The zero-order chi connectivity index (χ0) is 16.8. The van der Waals surface area contributed by atoms with Crippen LogP contribution in [0.2, 0.25) is 0 Å². The Morgan fingerprint density at radius 1 is 1.41 bits per heavy atom. The Hall–Kier alpha value is -1.77. The molecule has 1 aromatic heterocycles. The number of nitrogens with one attached hydrogen (secondary N) is 2. The van der Waals surface area contributed by atoms with Crippen LogP contribution in [0.5, 0.6) is 0 Å². The van der Waals surface area contributed by atoms with E-state index in [1.807, 2.05) is 32.2 Å². The summed E-state index contributed by atoms with van der Waals surface area (Å²) in [6, 6.07) is 0.0369. The first-order chi connectivity index (χ1) is 10.2. The number of nitrogens with zero attached hydrogens (tertiary/aromatic N) is 4. The number of aromatic nitrogens is 2. The molecular formula is C13H23F3N6. The van der Waals surface area contributed by atoms with Crippen LogP contribution in [-0.2, 0) is 7.05 Å². The van der Waals surface area contributed by atoms with Gasteiger partial charge in [-0.1, -0.05) is 0 Å². The molecule has 22 heavy (non-hydrogen) atoms. The van der Waals surface area contributed by atoms with E-state index in [9.17, 15) is 13.2 Å². The van der Waals surface area contributed by atoms with Gasteiger partial charge in [-0.25, -0.2) is 0 Å². The standard InChI is InChI=1S/C13H23F3N6/c1-17-12(18-6-5-13(14,15)16)19-8-11(21(2)3)10-7-20-22(4)9-10/h7,9,11H,5-6,8H2,1-4H3,(H2,17,18,19). The maximum atomic E-state index is 12.1. The highest BCUT2D eigenvalue weighted by atomic mass is 19.4. The predicted molar refractivity (Wildman–Crippen MR) is 79.7 cm³/mol. The van der Waals surface area contributed by atoms with E-state index in [2.05, 4.69) is 20.7 Å². The lowest BCUT2D eigenvalue weighted by Crippen LogP contribution is -2.42. The van der Waals surface area contributed by atoms with Gasteiger partial charge in [-0.2, -0.15) is 18.3 Å². The van der Waals surface area contributed by atoms with Crippen molar-refractivity contribution in [3.8, 4) is 0 Å². The van der Waals surface area contributed by atoms with E-state index < -0.39 is 12.6 Å². The molecule has 1 heterocycles. The Kier molecular flexibility index (Phi) is 6.66. The Balaban J connectivity index is 2.52. The van der Waals surface area contributed by atoms with Gasteiger partial charge in [0.15, 0.2) is 5.96 Å². The molecule has 0 aromatic carbocycles. The molecule has 0 aliphatic heterocycles. The van der Waals surface area contributed by atoms with Crippen LogP contribution >= 0.6 is 0 Å². The summed E-state index contributed by atoms with van der Waals surface area (Å²) in [6.07, 6.45) is -1.39. The largest absolute Gasteiger partial charge is 0.390 e. The lowest BCUT2D eigenvalue weighted by atomic mass is 10.1. The lowest BCUT2D eigenvalue weighted by Gasteiger charge is -2.24. The van der Waals surface area contributed by atoms with E-state index in [0.29, 0.717) is 12.5 Å². The zero-order valence-corrected chi connectivity index (χ0v) is 13.3. The monoisotopic (exact) mass is 320 g/mol. The molecule has 1 atom stereocenters. The van der Waals surface area contributed by atoms with E-state index in [-0.39, 0.29) is 12.6 Å². The minimum Gasteiger partial charge on any atom is -0.356 e. The number of rotatable bonds is 6. The molecule has 1 rings (SSSR count). The molecular weight excluding hydrogens is 297 g/mol. The third kappa shape index (κ3) is 6.33. The number of guanidine groups is 1. The van der Waals surface area contributed by atoms with Gasteiger partial charge in [-0.15, -0.1) is 0 Å². The topological polar surface area (TPSA) is 57.5 Å². The number of aliphatic imine (C=N–C) groups is 1. The summed E-state index contributed by atoms with van der Waals surface area (Å²) in [7, 11) is 7.22. The highest BCUT2D eigenvalue weighted by molar-refractivity contribution is 5.79. The second kappa shape index (κ2) is 8.02. The van der Waals surface area contributed by atoms with Gasteiger partial charge in [0.05, 0.1) is 18.7 Å². The number of hydrogen-bond acceptors (Lipinski definition) is 3. The van der Waals surface area contributed by atoms with Crippen LogP contribution in [0.4, 0.5) is 13.2 Å². The van der Waals surface area contributed by atoms with Crippen molar-refractivity contribution in [3.63, 3.8) is 0 Å². The molecule has 0 fully saturated rings. The summed E-state index contributed by atoms with van der Waals surface area (Å²) in [4.78, 5) is 5.93. The van der Waals surface area contributed by atoms with Crippen LogP contribution in [0.1, 0.15) is 18.0 Å². The van der Waals surface area contributed by atoms with Crippen molar-refractivity contribution < 1.29 is 13.2 Å². The third-order valence-corrected chi connectivity index (χ3v) is 3.12. The Morgan fingerprint density at radius 3 is 2.55 bits per heavy atom. The van der Waals surface area contributed by atoms with Crippen LogP contribution in [0, 0.1) is 0 Å². The Labute approximate surface area is 128 Å². The maximum Gasteiger partial charge on any atom is 0.390 e. The first-order valence-corrected chi connectivity index (χ1v) is 6.89. The fourth-order valence-electron chi connectivity index (χ4n) is 1.95. The van der Waals surface area contributed by atoms with Gasteiger partial charge in [-0.3, -0.25) is 9.67 Å². The molecule has 1 unspecified atom stereocenters.